The molecule has 0 saturated carbocycles. The summed E-state index contributed by atoms with van der Waals surface area (Å²) in [6.07, 6.45) is 2.95. The minimum atomic E-state index is -0.910. The summed E-state index contributed by atoms with van der Waals surface area (Å²) in [7, 11) is 0. The molecule has 0 bridgehead atoms. The van der Waals surface area contributed by atoms with Crippen LogP contribution in [-0.2, 0) is 14.3 Å². The second kappa shape index (κ2) is 5.93. The third-order valence-corrected chi connectivity index (χ3v) is 4.73. The second-order valence-electron chi connectivity index (χ2n) is 4.68. The van der Waals surface area contributed by atoms with E-state index >= 15 is 0 Å². The molecule has 3 atom stereocenters. The largest absolute Gasteiger partial charge is 0.480 e. The lowest BCUT2D eigenvalue weighted by Crippen LogP contribution is -2.49. The number of carbonyl (C=O) groups excluding carboxylic acids is 1. The highest BCUT2D eigenvalue weighted by Gasteiger charge is 2.44. The number of thioether (sulfide) groups is 1. The number of carbonyl (C=O) groups is 2. The van der Waals surface area contributed by atoms with Crippen LogP contribution in [-0.4, -0.2) is 51.8 Å². The van der Waals surface area contributed by atoms with Crippen molar-refractivity contribution >= 4 is 23.6 Å². The first-order valence-corrected chi connectivity index (χ1v) is 7.48. The van der Waals surface area contributed by atoms with E-state index in [1.807, 2.05) is 6.92 Å². The van der Waals surface area contributed by atoms with Crippen LogP contribution < -0.4 is 0 Å². The molecule has 2 saturated heterocycles. The second-order valence-corrected chi connectivity index (χ2v) is 5.89. The number of amides is 1. The van der Waals surface area contributed by atoms with Crippen molar-refractivity contribution in [2.45, 2.75) is 50.1 Å². The van der Waals surface area contributed by atoms with Crippen LogP contribution >= 0.6 is 11.8 Å². The number of nitrogens with zero attached hydrogens (tertiary/aromatic N) is 1. The summed E-state index contributed by atoms with van der Waals surface area (Å²) in [6.45, 7) is 2.65. The predicted octanol–water partition coefficient (Wildman–Crippen LogP) is 1.32. The number of aliphatic carboxylic acids is 1. The van der Waals surface area contributed by atoms with Gasteiger partial charge in [0.15, 0.2) is 0 Å². The number of hydrogen-bond donors (Lipinski definition) is 1. The Bertz CT molecular complexity index is 330. The van der Waals surface area contributed by atoms with Crippen molar-refractivity contribution in [3.8, 4) is 0 Å². The van der Waals surface area contributed by atoms with Crippen molar-refractivity contribution in [3.05, 3.63) is 0 Å². The maximum absolute atomic E-state index is 12.4. The molecule has 1 N–H and O–H groups in total. The quantitative estimate of drug-likeness (QED) is 0.836. The van der Waals surface area contributed by atoms with Crippen molar-refractivity contribution in [2.75, 3.05) is 12.4 Å². The minimum absolute atomic E-state index is 0.00667. The molecule has 2 aliphatic rings. The SMILES string of the molecule is CCCC1SCC(C(=O)O)N1C(=O)C1CCCO1. The van der Waals surface area contributed by atoms with Crippen LogP contribution in [0.2, 0.25) is 0 Å². The Morgan fingerprint density at radius 3 is 2.83 bits per heavy atom. The van der Waals surface area contributed by atoms with Gasteiger partial charge in [0, 0.05) is 12.4 Å². The summed E-state index contributed by atoms with van der Waals surface area (Å²) >= 11 is 1.57. The fourth-order valence-electron chi connectivity index (χ4n) is 2.46. The number of carboxylic acids is 1. The molecule has 2 fully saturated rings. The molecule has 0 aliphatic carbocycles. The van der Waals surface area contributed by atoms with E-state index in [4.69, 9.17) is 4.74 Å². The van der Waals surface area contributed by atoms with Gasteiger partial charge >= 0.3 is 5.97 Å². The summed E-state index contributed by atoms with van der Waals surface area (Å²) in [5.41, 5.74) is 0. The van der Waals surface area contributed by atoms with E-state index in [9.17, 15) is 14.7 Å². The monoisotopic (exact) mass is 273 g/mol. The van der Waals surface area contributed by atoms with Crippen molar-refractivity contribution in [2.24, 2.45) is 0 Å². The molecule has 0 spiro atoms. The summed E-state index contributed by atoms with van der Waals surface area (Å²) in [4.78, 5) is 25.2. The normalized spacial score (nSPS) is 31.8. The average molecular weight is 273 g/mol. The van der Waals surface area contributed by atoms with Crippen LogP contribution in [0.5, 0.6) is 0 Å². The van der Waals surface area contributed by atoms with E-state index in [0.29, 0.717) is 18.8 Å². The molecule has 102 valence electrons. The first-order chi connectivity index (χ1) is 8.65. The Hall–Kier alpha value is -0.750. The Morgan fingerprint density at radius 2 is 2.28 bits per heavy atom. The smallest absolute Gasteiger partial charge is 0.327 e. The van der Waals surface area contributed by atoms with E-state index in [0.717, 1.165) is 19.3 Å². The van der Waals surface area contributed by atoms with Crippen LogP contribution in [0, 0.1) is 0 Å². The number of hydrogen-bond acceptors (Lipinski definition) is 4. The number of carboxylic acid groups (broad SMARTS) is 1. The van der Waals surface area contributed by atoms with Crippen molar-refractivity contribution in [1.82, 2.24) is 4.90 Å². The fourth-order valence-corrected chi connectivity index (χ4v) is 3.98. The summed E-state index contributed by atoms with van der Waals surface area (Å²) in [6, 6.07) is -0.691. The molecule has 0 aromatic heterocycles. The van der Waals surface area contributed by atoms with Crippen LogP contribution in [0.15, 0.2) is 0 Å². The molecule has 3 unspecified atom stereocenters. The van der Waals surface area contributed by atoms with Gasteiger partial charge in [-0.05, 0) is 19.3 Å². The van der Waals surface area contributed by atoms with Gasteiger partial charge in [0.1, 0.15) is 12.1 Å². The zero-order chi connectivity index (χ0) is 13.1. The number of rotatable bonds is 4. The van der Waals surface area contributed by atoms with Crippen LogP contribution in [0.1, 0.15) is 32.6 Å². The van der Waals surface area contributed by atoms with E-state index < -0.39 is 18.1 Å². The Kier molecular flexibility index (Phi) is 4.50. The summed E-state index contributed by atoms with van der Waals surface area (Å²) in [5.74, 6) is -0.561. The van der Waals surface area contributed by atoms with Crippen LogP contribution in [0.25, 0.3) is 0 Å². The molecule has 2 heterocycles. The molecular formula is C12H19NO4S. The predicted molar refractivity (Wildman–Crippen MR) is 68.4 cm³/mol. The zero-order valence-corrected chi connectivity index (χ0v) is 11.3. The van der Waals surface area contributed by atoms with Crippen molar-refractivity contribution < 1.29 is 19.4 Å². The molecule has 2 aliphatic heterocycles. The highest BCUT2D eigenvalue weighted by molar-refractivity contribution is 8.00. The van der Waals surface area contributed by atoms with Gasteiger partial charge in [-0.2, -0.15) is 0 Å². The Morgan fingerprint density at radius 1 is 1.50 bits per heavy atom. The Labute approximate surface area is 111 Å². The lowest BCUT2D eigenvalue weighted by molar-refractivity contribution is -0.153. The molecule has 5 nitrogen and oxygen atoms in total. The van der Waals surface area contributed by atoms with E-state index in [-0.39, 0.29) is 11.3 Å². The third kappa shape index (κ3) is 2.64. The first kappa shape index (κ1) is 13.7. The van der Waals surface area contributed by atoms with Crippen molar-refractivity contribution in [1.29, 1.82) is 0 Å². The van der Waals surface area contributed by atoms with Gasteiger partial charge < -0.3 is 14.7 Å². The molecule has 0 aromatic rings. The molecular weight excluding hydrogens is 254 g/mol. The van der Waals surface area contributed by atoms with E-state index in [1.165, 1.54) is 0 Å². The summed E-state index contributed by atoms with van der Waals surface area (Å²) in [5, 5.41) is 9.21. The lowest BCUT2D eigenvalue weighted by atomic mass is 10.1. The van der Waals surface area contributed by atoms with E-state index in [1.54, 1.807) is 16.7 Å². The molecule has 1 amide bonds. The van der Waals surface area contributed by atoms with Crippen LogP contribution in [0.4, 0.5) is 0 Å². The minimum Gasteiger partial charge on any atom is -0.480 e. The lowest BCUT2D eigenvalue weighted by Gasteiger charge is -2.29. The van der Waals surface area contributed by atoms with E-state index in [2.05, 4.69) is 0 Å². The maximum atomic E-state index is 12.4. The van der Waals surface area contributed by atoms with Gasteiger partial charge in [-0.25, -0.2) is 4.79 Å². The zero-order valence-electron chi connectivity index (χ0n) is 10.5. The van der Waals surface area contributed by atoms with Crippen LogP contribution in [0.3, 0.4) is 0 Å². The average Bonchev–Trinajstić information content (AvgIpc) is 2.97. The van der Waals surface area contributed by atoms with Gasteiger partial charge in [-0.3, -0.25) is 4.79 Å². The Balaban J connectivity index is 2.11. The van der Waals surface area contributed by atoms with Gasteiger partial charge in [0.2, 0.25) is 0 Å². The summed E-state index contributed by atoms with van der Waals surface area (Å²) < 4.78 is 5.39. The molecule has 2 rings (SSSR count). The first-order valence-electron chi connectivity index (χ1n) is 6.43. The standard InChI is InChI=1S/C12H19NO4S/c1-2-4-10-13(8(7-18-10)12(15)16)11(14)9-5-3-6-17-9/h8-10H,2-7H2,1H3,(H,15,16). The highest BCUT2D eigenvalue weighted by Crippen LogP contribution is 2.34. The fraction of sp³-hybridized carbons (Fsp3) is 0.833. The number of ether oxygens (including phenoxy) is 1. The van der Waals surface area contributed by atoms with Crippen molar-refractivity contribution in [3.63, 3.8) is 0 Å². The highest BCUT2D eigenvalue weighted by atomic mass is 32.2. The molecule has 0 radical (unpaired) electrons. The van der Waals surface area contributed by atoms with Gasteiger partial charge in [0.25, 0.3) is 5.91 Å². The third-order valence-electron chi connectivity index (χ3n) is 3.37. The maximum Gasteiger partial charge on any atom is 0.327 e. The molecule has 6 heteroatoms. The van der Waals surface area contributed by atoms with Gasteiger partial charge in [0.05, 0.1) is 5.37 Å². The molecule has 0 aromatic carbocycles. The topological polar surface area (TPSA) is 66.8 Å². The van der Waals surface area contributed by atoms with Gasteiger partial charge in [-0.15, -0.1) is 11.8 Å². The molecule has 18 heavy (non-hydrogen) atoms. The van der Waals surface area contributed by atoms with Gasteiger partial charge in [-0.1, -0.05) is 13.3 Å².